The second-order valence-corrected chi connectivity index (χ2v) is 6.13. The van der Waals surface area contributed by atoms with Crippen LogP contribution in [-0.2, 0) is 6.54 Å². The first-order valence-corrected chi connectivity index (χ1v) is 8.86. The van der Waals surface area contributed by atoms with Crippen LogP contribution in [0.15, 0.2) is 9.41 Å². The van der Waals surface area contributed by atoms with Crippen molar-refractivity contribution in [1.82, 2.24) is 20.5 Å². The molecule has 0 radical (unpaired) electrons. The first-order valence-electron chi connectivity index (χ1n) is 8.86. The standard InChI is InChI=1S/C17H31N5O.HI/c1-4-18-17(20-13-16-21-14(2)15(3)23-16)19-9-12-22-10-7-5-6-8-11-22;/h4-13H2,1-3H3,(H2,18,19,20);1H. The molecule has 1 aliphatic heterocycles. The van der Waals surface area contributed by atoms with Crippen molar-refractivity contribution >= 4 is 29.9 Å². The number of halogens is 1. The minimum Gasteiger partial charge on any atom is -0.444 e. The Balaban J connectivity index is 0.00000288. The minimum absolute atomic E-state index is 0. The molecule has 2 heterocycles. The van der Waals surface area contributed by atoms with Crippen LogP contribution in [0.4, 0.5) is 0 Å². The lowest BCUT2D eigenvalue weighted by Gasteiger charge is -2.20. The van der Waals surface area contributed by atoms with E-state index in [1.807, 2.05) is 13.8 Å². The minimum atomic E-state index is 0. The van der Waals surface area contributed by atoms with Crippen molar-refractivity contribution in [2.75, 3.05) is 32.7 Å². The summed E-state index contributed by atoms with van der Waals surface area (Å²) in [4.78, 5) is 11.5. The van der Waals surface area contributed by atoms with Gasteiger partial charge < -0.3 is 20.0 Å². The fourth-order valence-electron chi connectivity index (χ4n) is 2.79. The van der Waals surface area contributed by atoms with Gasteiger partial charge in [0, 0.05) is 19.6 Å². The number of aromatic nitrogens is 1. The Labute approximate surface area is 162 Å². The van der Waals surface area contributed by atoms with Crippen LogP contribution in [-0.4, -0.2) is 48.6 Å². The fraction of sp³-hybridized carbons (Fsp3) is 0.765. The molecule has 1 saturated heterocycles. The predicted octanol–water partition coefficient (Wildman–Crippen LogP) is 2.84. The SMILES string of the molecule is CCNC(=NCc1nc(C)c(C)o1)NCCN1CCCCCC1.I. The van der Waals surface area contributed by atoms with E-state index in [-0.39, 0.29) is 24.0 Å². The molecule has 2 N–H and O–H groups in total. The molecule has 0 atom stereocenters. The number of aliphatic imine (C=N–C) groups is 1. The number of aryl methyl sites for hydroxylation is 2. The Hall–Kier alpha value is -0.830. The molecular weight excluding hydrogens is 417 g/mol. The van der Waals surface area contributed by atoms with E-state index >= 15 is 0 Å². The number of nitrogens with zero attached hydrogens (tertiary/aromatic N) is 3. The summed E-state index contributed by atoms with van der Waals surface area (Å²) < 4.78 is 5.57. The Morgan fingerprint density at radius 2 is 1.88 bits per heavy atom. The van der Waals surface area contributed by atoms with Crippen LogP contribution in [0, 0.1) is 13.8 Å². The van der Waals surface area contributed by atoms with E-state index in [2.05, 4.69) is 32.4 Å². The van der Waals surface area contributed by atoms with Crippen molar-refractivity contribution in [3.05, 3.63) is 17.3 Å². The Morgan fingerprint density at radius 1 is 1.17 bits per heavy atom. The van der Waals surface area contributed by atoms with Crippen LogP contribution in [0.1, 0.15) is 50.0 Å². The van der Waals surface area contributed by atoms with Gasteiger partial charge in [-0.1, -0.05) is 12.8 Å². The Bertz CT molecular complexity index is 476. The zero-order chi connectivity index (χ0) is 16.5. The van der Waals surface area contributed by atoms with Gasteiger partial charge in [0.15, 0.2) is 5.96 Å². The number of oxazole rings is 1. The summed E-state index contributed by atoms with van der Waals surface area (Å²) in [6, 6.07) is 0. The molecule has 1 aliphatic rings. The highest BCUT2D eigenvalue weighted by molar-refractivity contribution is 14.0. The van der Waals surface area contributed by atoms with E-state index in [1.165, 1.54) is 38.8 Å². The third kappa shape index (κ3) is 7.38. The van der Waals surface area contributed by atoms with Gasteiger partial charge in [0.2, 0.25) is 5.89 Å². The zero-order valence-corrected chi connectivity index (χ0v) is 17.6. The summed E-state index contributed by atoms with van der Waals surface area (Å²) in [6.07, 6.45) is 5.42. The predicted molar refractivity (Wildman–Crippen MR) is 109 cm³/mol. The molecule has 1 aromatic heterocycles. The van der Waals surface area contributed by atoms with Gasteiger partial charge in [0.05, 0.1) is 5.69 Å². The van der Waals surface area contributed by atoms with Crippen LogP contribution in [0.3, 0.4) is 0 Å². The van der Waals surface area contributed by atoms with Crippen molar-refractivity contribution in [2.24, 2.45) is 4.99 Å². The summed E-state index contributed by atoms with van der Waals surface area (Å²) >= 11 is 0. The molecule has 24 heavy (non-hydrogen) atoms. The molecule has 0 aromatic carbocycles. The van der Waals surface area contributed by atoms with Crippen molar-refractivity contribution in [3.63, 3.8) is 0 Å². The highest BCUT2D eigenvalue weighted by atomic mass is 127. The van der Waals surface area contributed by atoms with Crippen LogP contribution in [0.25, 0.3) is 0 Å². The summed E-state index contributed by atoms with van der Waals surface area (Å²) in [7, 11) is 0. The lowest BCUT2D eigenvalue weighted by molar-refractivity contribution is 0.289. The molecule has 0 spiro atoms. The highest BCUT2D eigenvalue weighted by Crippen LogP contribution is 2.09. The molecular formula is C17H32IN5O. The summed E-state index contributed by atoms with van der Waals surface area (Å²) in [5.41, 5.74) is 0.939. The van der Waals surface area contributed by atoms with Crippen LogP contribution in [0.5, 0.6) is 0 Å². The number of hydrogen-bond donors (Lipinski definition) is 2. The molecule has 138 valence electrons. The summed E-state index contributed by atoms with van der Waals surface area (Å²) in [6.45, 7) is 11.7. The van der Waals surface area contributed by atoms with Crippen molar-refractivity contribution in [2.45, 2.75) is 53.0 Å². The third-order valence-electron chi connectivity index (χ3n) is 4.21. The second-order valence-electron chi connectivity index (χ2n) is 6.13. The molecule has 1 fully saturated rings. The van der Waals surface area contributed by atoms with Gasteiger partial charge in [-0.05, 0) is 46.7 Å². The number of rotatable bonds is 6. The maximum Gasteiger partial charge on any atom is 0.216 e. The molecule has 7 heteroatoms. The molecule has 0 aliphatic carbocycles. The topological polar surface area (TPSA) is 65.7 Å². The van der Waals surface area contributed by atoms with Gasteiger partial charge >= 0.3 is 0 Å². The molecule has 1 aromatic rings. The first-order chi connectivity index (χ1) is 11.2. The molecule has 0 unspecified atom stereocenters. The highest BCUT2D eigenvalue weighted by Gasteiger charge is 2.09. The largest absolute Gasteiger partial charge is 0.444 e. The normalized spacial score (nSPS) is 16.4. The van der Waals surface area contributed by atoms with Crippen molar-refractivity contribution in [3.8, 4) is 0 Å². The van der Waals surface area contributed by atoms with E-state index in [1.54, 1.807) is 0 Å². The monoisotopic (exact) mass is 449 g/mol. The Morgan fingerprint density at radius 3 is 2.46 bits per heavy atom. The molecule has 0 saturated carbocycles. The average Bonchev–Trinajstić information content (AvgIpc) is 2.73. The van der Waals surface area contributed by atoms with Crippen LogP contribution < -0.4 is 10.6 Å². The average molecular weight is 449 g/mol. The maximum absolute atomic E-state index is 5.57. The van der Waals surface area contributed by atoms with E-state index in [4.69, 9.17) is 4.42 Å². The Kier molecular flexibility index (Phi) is 10.3. The van der Waals surface area contributed by atoms with E-state index in [9.17, 15) is 0 Å². The van der Waals surface area contributed by atoms with E-state index < -0.39 is 0 Å². The first kappa shape index (κ1) is 21.2. The van der Waals surface area contributed by atoms with Crippen molar-refractivity contribution < 1.29 is 4.42 Å². The number of guanidine groups is 1. The quantitative estimate of drug-likeness (QED) is 0.397. The lowest BCUT2D eigenvalue weighted by Crippen LogP contribution is -2.41. The molecule has 2 rings (SSSR count). The van der Waals surface area contributed by atoms with E-state index in [0.29, 0.717) is 12.4 Å². The number of nitrogens with one attached hydrogen (secondary N) is 2. The zero-order valence-electron chi connectivity index (χ0n) is 15.2. The van der Waals surface area contributed by atoms with Gasteiger partial charge in [0.25, 0.3) is 0 Å². The third-order valence-corrected chi connectivity index (χ3v) is 4.21. The van der Waals surface area contributed by atoms with Gasteiger partial charge in [-0.15, -0.1) is 24.0 Å². The number of hydrogen-bond acceptors (Lipinski definition) is 4. The van der Waals surface area contributed by atoms with Crippen LogP contribution >= 0.6 is 24.0 Å². The maximum atomic E-state index is 5.57. The summed E-state index contributed by atoms with van der Waals surface area (Å²) in [5.74, 6) is 2.37. The van der Waals surface area contributed by atoms with Gasteiger partial charge in [0.1, 0.15) is 12.3 Å². The summed E-state index contributed by atoms with van der Waals surface area (Å²) in [5, 5.41) is 6.68. The fourth-order valence-corrected chi connectivity index (χ4v) is 2.79. The van der Waals surface area contributed by atoms with Gasteiger partial charge in [-0.2, -0.15) is 0 Å². The molecule has 0 amide bonds. The smallest absolute Gasteiger partial charge is 0.216 e. The molecule has 6 nitrogen and oxygen atoms in total. The van der Waals surface area contributed by atoms with Crippen LogP contribution in [0.2, 0.25) is 0 Å². The second kappa shape index (κ2) is 11.7. The van der Waals surface area contributed by atoms with E-state index in [0.717, 1.165) is 37.0 Å². The van der Waals surface area contributed by atoms with Gasteiger partial charge in [-0.25, -0.2) is 9.98 Å². The van der Waals surface area contributed by atoms with Crippen molar-refractivity contribution in [1.29, 1.82) is 0 Å². The lowest BCUT2D eigenvalue weighted by atomic mass is 10.2. The van der Waals surface area contributed by atoms with Gasteiger partial charge in [-0.3, -0.25) is 0 Å². The number of likely N-dealkylation sites (tertiary alicyclic amines) is 1. The molecule has 0 bridgehead atoms.